The minimum absolute atomic E-state index is 0.177. The van der Waals surface area contributed by atoms with Crippen LogP contribution in [0.15, 0.2) is 30.4 Å². The summed E-state index contributed by atoms with van der Waals surface area (Å²) in [4.78, 5) is 0. The highest BCUT2D eigenvalue weighted by Crippen LogP contribution is 2.41. The molecule has 0 nitrogen and oxygen atoms in total. The molecule has 0 bridgehead atoms. The first-order valence-electron chi connectivity index (χ1n) is 12.4. The van der Waals surface area contributed by atoms with Gasteiger partial charge in [-0.05, 0) is 99.2 Å². The predicted molar refractivity (Wildman–Crippen MR) is 120 cm³/mol. The molecular formula is C27H37F5. The average Bonchev–Trinajstić information content (AvgIpc) is 2.78. The van der Waals surface area contributed by atoms with Crippen LogP contribution in [0.5, 0.6) is 0 Å². The van der Waals surface area contributed by atoms with Crippen LogP contribution in [0, 0.1) is 23.6 Å². The lowest BCUT2D eigenvalue weighted by Crippen LogP contribution is -2.18. The van der Waals surface area contributed by atoms with Crippen LogP contribution < -0.4 is 0 Å². The molecule has 1 aromatic carbocycles. The molecule has 32 heavy (non-hydrogen) atoms. The van der Waals surface area contributed by atoms with E-state index < -0.39 is 17.6 Å². The Labute approximate surface area is 189 Å². The van der Waals surface area contributed by atoms with Crippen molar-refractivity contribution >= 4 is 0 Å². The van der Waals surface area contributed by atoms with Gasteiger partial charge in [0.05, 0.1) is 12.2 Å². The molecule has 0 spiro atoms. The van der Waals surface area contributed by atoms with Crippen molar-refractivity contribution in [1.29, 1.82) is 0 Å². The number of allylic oxidation sites excluding steroid dienone is 2. The summed E-state index contributed by atoms with van der Waals surface area (Å²) >= 11 is 0. The Bertz CT molecular complexity index is 707. The van der Waals surface area contributed by atoms with Crippen molar-refractivity contribution in [1.82, 2.24) is 0 Å². The van der Waals surface area contributed by atoms with E-state index in [4.69, 9.17) is 0 Å². The first-order valence-corrected chi connectivity index (χ1v) is 12.4. The number of alkyl halides is 4. The van der Waals surface area contributed by atoms with E-state index in [0.717, 1.165) is 62.5 Å². The van der Waals surface area contributed by atoms with Crippen molar-refractivity contribution in [2.45, 2.75) is 95.6 Å². The molecule has 2 aliphatic rings. The zero-order valence-corrected chi connectivity index (χ0v) is 19.0. The summed E-state index contributed by atoms with van der Waals surface area (Å²) < 4.78 is 64.3. The smallest absolute Gasteiger partial charge is 0.251 e. The van der Waals surface area contributed by atoms with Gasteiger partial charge in [-0.15, -0.1) is 0 Å². The van der Waals surface area contributed by atoms with Gasteiger partial charge in [-0.25, -0.2) is 4.39 Å². The van der Waals surface area contributed by atoms with E-state index in [-0.39, 0.29) is 12.6 Å². The van der Waals surface area contributed by atoms with Crippen LogP contribution in [-0.4, -0.2) is 6.67 Å². The Hall–Kier alpha value is -1.39. The summed E-state index contributed by atoms with van der Waals surface area (Å²) in [5.74, 6) is 1.33. The van der Waals surface area contributed by atoms with E-state index in [1.165, 1.54) is 44.6 Å². The maximum absolute atomic E-state index is 13.9. The fourth-order valence-electron chi connectivity index (χ4n) is 5.63. The minimum atomic E-state index is -4.63. The average molecular weight is 457 g/mol. The molecule has 0 N–H and O–H groups in total. The molecule has 0 aromatic heterocycles. The van der Waals surface area contributed by atoms with Gasteiger partial charge < -0.3 is 0 Å². The molecule has 180 valence electrons. The summed E-state index contributed by atoms with van der Waals surface area (Å²) in [6.07, 6.45) is 14.1. The van der Waals surface area contributed by atoms with Gasteiger partial charge in [0.15, 0.2) is 0 Å². The lowest BCUT2D eigenvalue weighted by atomic mass is 9.74. The lowest BCUT2D eigenvalue weighted by Gasteiger charge is -2.32. The second kappa shape index (κ2) is 12.2. The molecule has 2 saturated carbocycles. The first-order chi connectivity index (χ1) is 15.4. The molecule has 0 radical (unpaired) electrons. The van der Waals surface area contributed by atoms with Gasteiger partial charge in [0, 0.05) is 0 Å². The summed E-state index contributed by atoms with van der Waals surface area (Å²) in [7, 11) is 0. The third kappa shape index (κ3) is 7.59. The largest absolute Gasteiger partial charge is 0.419 e. The third-order valence-corrected chi connectivity index (χ3v) is 7.71. The molecule has 2 aliphatic carbocycles. The van der Waals surface area contributed by atoms with E-state index in [1.54, 1.807) is 0 Å². The van der Waals surface area contributed by atoms with Gasteiger partial charge in [-0.3, -0.25) is 4.39 Å². The second-order valence-electron chi connectivity index (χ2n) is 9.96. The van der Waals surface area contributed by atoms with E-state index in [0.29, 0.717) is 17.9 Å². The molecule has 0 amide bonds. The number of benzene rings is 1. The molecule has 0 heterocycles. The van der Waals surface area contributed by atoms with Crippen molar-refractivity contribution in [2.24, 2.45) is 17.8 Å². The molecule has 3 rings (SSSR count). The van der Waals surface area contributed by atoms with Gasteiger partial charge in [0.25, 0.3) is 0 Å². The van der Waals surface area contributed by atoms with E-state index in [2.05, 4.69) is 12.2 Å². The SMILES string of the molecule is FCCC/C=C/CC1CCC(CCC2CCC(c3ccc(C(F)(F)F)c(F)c3)CC2)CC1. The summed E-state index contributed by atoms with van der Waals surface area (Å²) in [6.45, 7) is -0.231. The normalized spacial score (nSPS) is 27.2. The van der Waals surface area contributed by atoms with Crippen LogP contribution in [0.1, 0.15) is 101 Å². The number of halogens is 5. The highest BCUT2D eigenvalue weighted by Gasteiger charge is 2.34. The summed E-state index contributed by atoms with van der Waals surface area (Å²) in [6, 6.07) is 3.46. The highest BCUT2D eigenvalue weighted by atomic mass is 19.4. The minimum Gasteiger partial charge on any atom is -0.251 e. The number of hydrogen-bond acceptors (Lipinski definition) is 0. The van der Waals surface area contributed by atoms with Crippen LogP contribution >= 0.6 is 0 Å². The zero-order chi connectivity index (χ0) is 23.0. The third-order valence-electron chi connectivity index (χ3n) is 7.71. The van der Waals surface area contributed by atoms with E-state index >= 15 is 0 Å². The Morgan fingerprint density at radius 3 is 1.97 bits per heavy atom. The lowest BCUT2D eigenvalue weighted by molar-refractivity contribution is -0.140. The standard InChI is InChI=1S/C27H37F5/c28-18-4-2-1-3-5-20-6-8-21(9-7-20)10-11-22-12-14-23(15-13-22)24-16-17-25(26(29)19-24)27(30,31)32/h1,3,16-17,19-23H,2,4-15,18H2/b3-1+. The Balaban J connectivity index is 1.34. The predicted octanol–water partition coefficient (Wildman–Crippen LogP) is 9.40. The topological polar surface area (TPSA) is 0 Å². The summed E-state index contributed by atoms with van der Waals surface area (Å²) in [5, 5.41) is 0. The monoisotopic (exact) mass is 456 g/mol. The number of hydrogen-bond donors (Lipinski definition) is 0. The molecule has 0 saturated heterocycles. The molecular weight excluding hydrogens is 419 g/mol. The van der Waals surface area contributed by atoms with Crippen molar-refractivity contribution in [2.75, 3.05) is 6.67 Å². The van der Waals surface area contributed by atoms with Gasteiger partial charge in [-0.1, -0.05) is 43.9 Å². The fourth-order valence-corrected chi connectivity index (χ4v) is 5.63. The zero-order valence-electron chi connectivity index (χ0n) is 19.0. The van der Waals surface area contributed by atoms with Crippen LogP contribution in [0.4, 0.5) is 22.0 Å². The molecule has 0 aliphatic heterocycles. The van der Waals surface area contributed by atoms with Crippen molar-refractivity contribution < 1.29 is 22.0 Å². The molecule has 0 unspecified atom stereocenters. The fraction of sp³-hybridized carbons (Fsp3) is 0.704. The molecule has 1 aromatic rings. The van der Waals surface area contributed by atoms with Crippen LogP contribution in [0.25, 0.3) is 0 Å². The van der Waals surface area contributed by atoms with Gasteiger partial charge >= 0.3 is 6.18 Å². The van der Waals surface area contributed by atoms with E-state index in [1.807, 2.05) is 0 Å². The van der Waals surface area contributed by atoms with Crippen molar-refractivity contribution in [3.05, 3.63) is 47.3 Å². The second-order valence-corrected chi connectivity index (χ2v) is 9.96. The van der Waals surface area contributed by atoms with Gasteiger partial charge in [0.2, 0.25) is 0 Å². The maximum atomic E-state index is 13.9. The van der Waals surface area contributed by atoms with Crippen LogP contribution in [0.2, 0.25) is 0 Å². The van der Waals surface area contributed by atoms with Crippen LogP contribution in [-0.2, 0) is 6.18 Å². The molecule has 2 fully saturated rings. The number of rotatable bonds is 9. The quantitative estimate of drug-likeness (QED) is 0.197. The Morgan fingerprint density at radius 1 is 0.812 bits per heavy atom. The van der Waals surface area contributed by atoms with Crippen molar-refractivity contribution in [3.63, 3.8) is 0 Å². The Morgan fingerprint density at radius 2 is 1.41 bits per heavy atom. The van der Waals surface area contributed by atoms with Gasteiger partial charge in [0.1, 0.15) is 5.82 Å². The first kappa shape index (κ1) is 25.2. The number of unbranched alkanes of at least 4 members (excludes halogenated alkanes) is 1. The maximum Gasteiger partial charge on any atom is 0.419 e. The molecule has 0 atom stereocenters. The van der Waals surface area contributed by atoms with Crippen LogP contribution in [0.3, 0.4) is 0 Å². The highest BCUT2D eigenvalue weighted by molar-refractivity contribution is 5.29. The van der Waals surface area contributed by atoms with Crippen molar-refractivity contribution in [3.8, 4) is 0 Å². The van der Waals surface area contributed by atoms with E-state index in [9.17, 15) is 22.0 Å². The Kier molecular flexibility index (Phi) is 9.61. The van der Waals surface area contributed by atoms with Gasteiger partial charge in [-0.2, -0.15) is 13.2 Å². The molecule has 5 heteroatoms. The summed E-state index contributed by atoms with van der Waals surface area (Å²) in [5.41, 5.74) is -0.455.